The van der Waals surface area contributed by atoms with Crippen LogP contribution in [0.4, 0.5) is 0 Å². The molecule has 1 aliphatic heterocycles. The number of carbonyl (C=O) groups excluding carboxylic acids is 1. The monoisotopic (exact) mass is 362 g/mol. The Morgan fingerprint density at radius 3 is 2.28 bits per heavy atom. The first-order valence-corrected chi connectivity index (χ1v) is 12.3. The molecule has 1 fully saturated rings. The van der Waals surface area contributed by atoms with E-state index in [2.05, 4.69) is 58.1 Å². The van der Waals surface area contributed by atoms with Gasteiger partial charge in [0.1, 0.15) is 6.10 Å². The highest BCUT2D eigenvalue weighted by molar-refractivity contribution is 6.74. The van der Waals surface area contributed by atoms with E-state index in [1.807, 2.05) is 19.9 Å². The van der Waals surface area contributed by atoms with Gasteiger partial charge in [0.05, 0.1) is 5.41 Å². The molecule has 2 rings (SSSR count). The standard InChI is InChI=1S/C21H34O3Si/c1-20(2,3)25(6,7)24-17(14-13-16-11-9-8-10-12-16)15-18-21(4,5)19(22)23-18/h8-12,17-18H,13-15H2,1-7H3/t17-,18-/m0/s1. The Labute approximate surface area is 154 Å². The van der Waals surface area contributed by atoms with E-state index in [1.165, 1.54) is 5.56 Å². The van der Waals surface area contributed by atoms with Crippen molar-refractivity contribution in [3.8, 4) is 0 Å². The predicted octanol–water partition coefficient (Wildman–Crippen LogP) is 5.35. The summed E-state index contributed by atoms with van der Waals surface area (Å²) in [5.41, 5.74) is 0.943. The second-order valence-electron chi connectivity index (χ2n) is 9.38. The third-order valence-electron chi connectivity index (χ3n) is 5.92. The molecule has 1 heterocycles. The van der Waals surface area contributed by atoms with Gasteiger partial charge in [0.2, 0.25) is 0 Å². The van der Waals surface area contributed by atoms with E-state index in [9.17, 15) is 4.79 Å². The molecule has 0 amide bonds. The van der Waals surface area contributed by atoms with Crippen molar-refractivity contribution in [2.24, 2.45) is 5.41 Å². The molecular formula is C21H34O3Si. The molecule has 0 aromatic heterocycles. The maximum absolute atomic E-state index is 11.7. The van der Waals surface area contributed by atoms with Gasteiger partial charge in [0, 0.05) is 12.5 Å². The maximum atomic E-state index is 11.7. The summed E-state index contributed by atoms with van der Waals surface area (Å²) in [5, 5.41) is 0.170. The fourth-order valence-electron chi connectivity index (χ4n) is 2.87. The number of ether oxygens (including phenoxy) is 1. The molecule has 1 saturated heterocycles. The molecule has 0 radical (unpaired) electrons. The van der Waals surface area contributed by atoms with Crippen LogP contribution in [0.2, 0.25) is 18.1 Å². The van der Waals surface area contributed by atoms with Crippen LogP contribution in [0.3, 0.4) is 0 Å². The van der Waals surface area contributed by atoms with Crippen LogP contribution in [0.5, 0.6) is 0 Å². The highest BCUT2D eigenvalue weighted by Crippen LogP contribution is 2.42. The molecule has 0 aliphatic carbocycles. The first-order chi connectivity index (χ1) is 11.4. The molecule has 3 nitrogen and oxygen atoms in total. The first-order valence-electron chi connectivity index (χ1n) is 9.36. The Balaban J connectivity index is 2.07. The van der Waals surface area contributed by atoms with Crippen LogP contribution in [-0.2, 0) is 20.4 Å². The van der Waals surface area contributed by atoms with Crippen molar-refractivity contribution in [2.45, 2.75) is 84.2 Å². The number of rotatable bonds is 7. The summed E-state index contributed by atoms with van der Waals surface area (Å²) in [7, 11) is -1.87. The number of benzene rings is 1. The Hall–Kier alpha value is -1.13. The van der Waals surface area contributed by atoms with Gasteiger partial charge in [-0.3, -0.25) is 4.79 Å². The fraction of sp³-hybridized carbons (Fsp3) is 0.667. The number of esters is 1. The number of aryl methyl sites for hydroxylation is 1. The zero-order chi connectivity index (χ0) is 18.9. The van der Waals surface area contributed by atoms with E-state index in [-0.39, 0.29) is 28.6 Å². The zero-order valence-corrected chi connectivity index (χ0v) is 17.9. The zero-order valence-electron chi connectivity index (χ0n) is 16.9. The summed E-state index contributed by atoms with van der Waals surface area (Å²) < 4.78 is 12.1. The number of cyclic esters (lactones) is 1. The minimum atomic E-state index is -1.87. The van der Waals surface area contributed by atoms with Crippen molar-refractivity contribution in [2.75, 3.05) is 0 Å². The molecule has 0 bridgehead atoms. The van der Waals surface area contributed by atoms with E-state index >= 15 is 0 Å². The van der Waals surface area contributed by atoms with Crippen LogP contribution >= 0.6 is 0 Å². The molecule has 0 unspecified atom stereocenters. The summed E-state index contributed by atoms with van der Waals surface area (Å²) >= 11 is 0. The van der Waals surface area contributed by atoms with E-state index < -0.39 is 8.32 Å². The van der Waals surface area contributed by atoms with Crippen LogP contribution in [-0.4, -0.2) is 26.5 Å². The molecule has 0 N–H and O–H groups in total. The average Bonchev–Trinajstić information content (AvgIpc) is 2.52. The first kappa shape index (κ1) is 20.2. The van der Waals surface area contributed by atoms with Gasteiger partial charge >= 0.3 is 5.97 Å². The summed E-state index contributed by atoms with van der Waals surface area (Å²) in [6.45, 7) is 15.3. The average molecular weight is 363 g/mol. The van der Waals surface area contributed by atoms with Crippen LogP contribution < -0.4 is 0 Å². The van der Waals surface area contributed by atoms with Gasteiger partial charge in [-0.2, -0.15) is 0 Å². The largest absolute Gasteiger partial charge is 0.461 e. The van der Waals surface area contributed by atoms with Crippen LogP contribution in [0.1, 0.15) is 53.0 Å². The van der Waals surface area contributed by atoms with Gasteiger partial charge in [-0.1, -0.05) is 51.1 Å². The van der Waals surface area contributed by atoms with E-state index in [0.717, 1.165) is 19.3 Å². The lowest BCUT2D eigenvalue weighted by Gasteiger charge is -2.45. The van der Waals surface area contributed by atoms with Crippen molar-refractivity contribution < 1.29 is 14.0 Å². The molecule has 140 valence electrons. The normalized spacial score (nSPS) is 21.4. The second kappa shape index (κ2) is 7.24. The van der Waals surface area contributed by atoms with Crippen molar-refractivity contribution in [3.05, 3.63) is 35.9 Å². The van der Waals surface area contributed by atoms with E-state index in [1.54, 1.807) is 0 Å². The Bertz CT molecular complexity index is 587. The van der Waals surface area contributed by atoms with Crippen LogP contribution in [0.15, 0.2) is 30.3 Å². The topological polar surface area (TPSA) is 35.5 Å². The summed E-state index contributed by atoms with van der Waals surface area (Å²) in [4.78, 5) is 11.7. The number of hydrogen-bond acceptors (Lipinski definition) is 3. The second-order valence-corrected chi connectivity index (χ2v) is 14.1. The summed E-state index contributed by atoms with van der Waals surface area (Å²) in [6, 6.07) is 10.5. The maximum Gasteiger partial charge on any atom is 0.315 e. The molecule has 0 spiro atoms. The van der Waals surface area contributed by atoms with Crippen LogP contribution in [0, 0.1) is 5.41 Å². The summed E-state index contributed by atoms with van der Waals surface area (Å²) in [5.74, 6) is -0.0911. The molecule has 2 atom stereocenters. The molecule has 1 aromatic carbocycles. The molecule has 1 aliphatic rings. The van der Waals surface area contributed by atoms with Crippen molar-refractivity contribution in [1.82, 2.24) is 0 Å². The molecule has 25 heavy (non-hydrogen) atoms. The highest BCUT2D eigenvalue weighted by Gasteiger charge is 2.51. The SMILES string of the molecule is CC1(C)C(=O)O[C@H]1C[C@H](CCc1ccccc1)O[Si](C)(C)C(C)(C)C. The van der Waals surface area contributed by atoms with Crippen molar-refractivity contribution >= 4 is 14.3 Å². The minimum absolute atomic E-state index is 0.0365. The van der Waals surface area contributed by atoms with Gasteiger partial charge in [-0.05, 0) is 50.4 Å². The smallest absolute Gasteiger partial charge is 0.315 e. The molecule has 4 heteroatoms. The predicted molar refractivity (Wildman–Crippen MR) is 105 cm³/mol. The van der Waals surface area contributed by atoms with Crippen LogP contribution in [0.25, 0.3) is 0 Å². The Kier molecular flexibility index (Phi) is 5.84. The lowest BCUT2D eigenvalue weighted by atomic mass is 9.78. The fourth-order valence-corrected chi connectivity index (χ4v) is 4.27. The van der Waals surface area contributed by atoms with Gasteiger partial charge in [-0.15, -0.1) is 0 Å². The van der Waals surface area contributed by atoms with Crippen molar-refractivity contribution in [3.63, 3.8) is 0 Å². The number of carbonyl (C=O) groups is 1. The third kappa shape index (κ3) is 4.73. The van der Waals surface area contributed by atoms with Gasteiger partial charge in [0.15, 0.2) is 8.32 Å². The van der Waals surface area contributed by atoms with E-state index in [4.69, 9.17) is 9.16 Å². The molecule has 0 saturated carbocycles. The molecule has 1 aromatic rings. The number of hydrogen-bond donors (Lipinski definition) is 0. The third-order valence-corrected chi connectivity index (χ3v) is 10.5. The minimum Gasteiger partial charge on any atom is -0.461 e. The lowest BCUT2D eigenvalue weighted by Crippen LogP contribution is -2.55. The van der Waals surface area contributed by atoms with Crippen molar-refractivity contribution in [1.29, 1.82) is 0 Å². The highest BCUT2D eigenvalue weighted by atomic mass is 28.4. The van der Waals surface area contributed by atoms with Gasteiger partial charge < -0.3 is 9.16 Å². The van der Waals surface area contributed by atoms with E-state index in [0.29, 0.717) is 0 Å². The lowest BCUT2D eigenvalue weighted by molar-refractivity contribution is -0.204. The Morgan fingerprint density at radius 2 is 1.80 bits per heavy atom. The Morgan fingerprint density at radius 1 is 1.20 bits per heavy atom. The summed E-state index contributed by atoms with van der Waals surface area (Å²) in [6.07, 6.45) is 2.82. The quantitative estimate of drug-likeness (QED) is 0.484. The van der Waals surface area contributed by atoms with Gasteiger partial charge in [-0.25, -0.2) is 0 Å². The molecular weight excluding hydrogens is 328 g/mol. The van der Waals surface area contributed by atoms with Gasteiger partial charge in [0.25, 0.3) is 0 Å².